The van der Waals surface area contributed by atoms with Gasteiger partial charge in [0.25, 0.3) is 0 Å². The molecule has 0 fully saturated rings. The van der Waals surface area contributed by atoms with Crippen LogP contribution in [-0.2, 0) is 4.79 Å². The Hall–Kier alpha value is -2.04. The fourth-order valence-electron chi connectivity index (χ4n) is 1.51. The minimum Gasteiger partial charge on any atom is -0.467 e. The fraction of sp³-hybridized carbons (Fsp3) is 0.273. The zero-order valence-electron chi connectivity index (χ0n) is 8.96. The van der Waals surface area contributed by atoms with Gasteiger partial charge < -0.3 is 9.73 Å². The summed E-state index contributed by atoms with van der Waals surface area (Å²) in [5.74, 6) is 0.709. The van der Waals surface area contributed by atoms with Gasteiger partial charge in [0.2, 0.25) is 5.91 Å². The summed E-state index contributed by atoms with van der Waals surface area (Å²) in [5.41, 5.74) is 0. The van der Waals surface area contributed by atoms with E-state index in [1.54, 1.807) is 17.1 Å². The van der Waals surface area contributed by atoms with Gasteiger partial charge in [-0.25, -0.2) is 0 Å². The van der Waals surface area contributed by atoms with Gasteiger partial charge in [-0.3, -0.25) is 9.48 Å². The van der Waals surface area contributed by atoms with Crippen molar-refractivity contribution < 1.29 is 9.21 Å². The van der Waals surface area contributed by atoms with Gasteiger partial charge in [0.1, 0.15) is 11.8 Å². The maximum Gasteiger partial charge on any atom is 0.216 e. The van der Waals surface area contributed by atoms with Crippen LogP contribution in [0.4, 0.5) is 0 Å². The van der Waals surface area contributed by atoms with E-state index < -0.39 is 0 Å². The van der Waals surface area contributed by atoms with Crippen LogP contribution in [0, 0.1) is 0 Å². The number of nitrogens with zero attached hydrogens (tertiary/aromatic N) is 2. The van der Waals surface area contributed by atoms with Crippen LogP contribution in [0.15, 0.2) is 41.3 Å². The molecule has 0 aromatic carbocycles. The lowest BCUT2D eigenvalue weighted by molar-refractivity contribution is -0.119. The maximum absolute atomic E-state index is 10.9. The zero-order valence-corrected chi connectivity index (χ0v) is 8.96. The van der Waals surface area contributed by atoms with E-state index in [1.807, 2.05) is 24.4 Å². The van der Waals surface area contributed by atoms with Crippen LogP contribution in [0.2, 0.25) is 0 Å². The standard InChI is InChI=1S/C11H13N3O2/c1-9(15)12-8-10(11-4-2-7-16-11)14-6-3-5-13-14/h2-7,10H,8H2,1H3,(H,12,15)/t10-/m1/s1. The van der Waals surface area contributed by atoms with Gasteiger partial charge in [0, 0.05) is 25.9 Å². The molecule has 16 heavy (non-hydrogen) atoms. The van der Waals surface area contributed by atoms with Crippen LogP contribution in [0.25, 0.3) is 0 Å². The monoisotopic (exact) mass is 219 g/mol. The van der Waals surface area contributed by atoms with E-state index in [-0.39, 0.29) is 11.9 Å². The van der Waals surface area contributed by atoms with Crippen LogP contribution in [0.3, 0.4) is 0 Å². The molecule has 0 aliphatic heterocycles. The first-order valence-corrected chi connectivity index (χ1v) is 5.04. The smallest absolute Gasteiger partial charge is 0.216 e. The Kier molecular flexibility index (Phi) is 3.05. The van der Waals surface area contributed by atoms with Crippen molar-refractivity contribution >= 4 is 5.91 Å². The Labute approximate surface area is 93.1 Å². The highest BCUT2D eigenvalue weighted by Crippen LogP contribution is 2.16. The number of carbonyl (C=O) groups is 1. The van der Waals surface area contributed by atoms with Gasteiger partial charge in [-0.2, -0.15) is 5.10 Å². The molecular formula is C11H13N3O2. The van der Waals surface area contributed by atoms with Gasteiger partial charge in [-0.1, -0.05) is 0 Å². The molecule has 0 saturated heterocycles. The molecule has 0 aliphatic carbocycles. The molecule has 84 valence electrons. The van der Waals surface area contributed by atoms with E-state index in [0.29, 0.717) is 6.54 Å². The summed E-state index contributed by atoms with van der Waals surface area (Å²) in [6.07, 6.45) is 5.15. The van der Waals surface area contributed by atoms with Gasteiger partial charge in [-0.15, -0.1) is 0 Å². The number of rotatable bonds is 4. The van der Waals surface area contributed by atoms with Gasteiger partial charge in [0.05, 0.1) is 6.26 Å². The summed E-state index contributed by atoms with van der Waals surface area (Å²) in [6.45, 7) is 1.95. The second-order valence-electron chi connectivity index (χ2n) is 3.45. The van der Waals surface area contributed by atoms with E-state index in [1.165, 1.54) is 6.92 Å². The topological polar surface area (TPSA) is 60.1 Å². The number of hydrogen-bond acceptors (Lipinski definition) is 3. The van der Waals surface area contributed by atoms with Crippen LogP contribution in [0.1, 0.15) is 18.7 Å². The Morgan fingerprint density at radius 1 is 1.62 bits per heavy atom. The maximum atomic E-state index is 10.9. The third-order valence-corrected chi connectivity index (χ3v) is 2.26. The lowest BCUT2D eigenvalue weighted by atomic mass is 10.2. The molecule has 0 unspecified atom stereocenters. The van der Waals surface area contributed by atoms with Gasteiger partial charge in [0.15, 0.2) is 0 Å². The minimum atomic E-state index is -0.103. The second-order valence-corrected chi connectivity index (χ2v) is 3.45. The molecular weight excluding hydrogens is 206 g/mol. The van der Waals surface area contributed by atoms with Crippen LogP contribution >= 0.6 is 0 Å². The van der Waals surface area contributed by atoms with Crippen LogP contribution in [0.5, 0.6) is 0 Å². The molecule has 1 N–H and O–H groups in total. The average molecular weight is 219 g/mol. The molecule has 5 nitrogen and oxygen atoms in total. The second kappa shape index (κ2) is 4.65. The highest BCUT2D eigenvalue weighted by molar-refractivity contribution is 5.72. The zero-order chi connectivity index (χ0) is 11.4. The molecule has 2 heterocycles. The van der Waals surface area contributed by atoms with Crippen molar-refractivity contribution in [2.45, 2.75) is 13.0 Å². The number of furan rings is 1. The summed E-state index contributed by atoms with van der Waals surface area (Å²) in [5, 5.41) is 6.92. The summed E-state index contributed by atoms with van der Waals surface area (Å²) in [6, 6.07) is 5.42. The lowest BCUT2D eigenvalue weighted by Crippen LogP contribution is -2.29. The van der Waals surface area contributed by atoms with E-state index in [4.69, 9.17) is 4.42 Å². The molecule has 0 radical (unpaired) electrons. The lowest BCUT2D eigenvalue weighted by Gasteiger charge is -2.15. The third-order valence-electron chi connectivity index (χ3n) is 2.26. The van der Waals surface area contributed by atoms with E-state index in [2.05, 4.69) is 10.4 Å². The van der Waals surface area contributed by atoms with Crippen LogP contribution in [-0.4, -0.2) is 22.2 Å². The first-order chi connectivity index (χ1) is 7.77. The highest BCUT2D eigenvalue weighted by Gasteiger charge is 2.16. The first-order valence-electron chi connectivity index (χ1n) is 5.04. The van der Waals surface area contributed by atoms with Gasteiger partial charge >= 0.3 is 0 Å². The van der Waals surface area contributed by atoms with E-state index in [9.17, 15) is 4.79 Å². The van der Waals surface area contributed by atoms with Crippen molar-refractivity contribution in [3.8, 4) is 0 Å². The molecule has 0 saturated carbocycles. The minimum absolute atomic E-state index is 0.0660. The van der Waals surface area contributed by atoms with Crippen molar-refractivity contribution in [2.75, 3.05) is 6.54 Å². The predicted octanol–water partition coefficient (Wildman–Crippen LogP) is 1.20. The Balaban J connectivity index is 2.17. The Bertz CT molecular complexity index is 400. The third kappa shape index (κ3) is 2.31. The molecule has 2 aromatic heterocycles. The molecule has 0 bridgehead atoms. The van der Waals surface area contributed by atoms with Crippen molar-refractivity contribution in [3.05, 3.63) is 42.6 Å². The van der Waals surface area contributed by atoms with E-state index in [0.717, 1.165) is 5.76 Å². The highest BCUT2D eigenvalue weighted by atomic mass is 16.3. The van der Waals surface area contributed by atoms with Gasteiger partial charge in [-0.05, 0) is 18.2 Å². The number of amides is 1. The molecule has 5 heteroatoms. The van der Waals surface area contributed by atoms with Crippen molar-refractivity contribution in [3.63, 3.8) is 0 Å². The average Bonchev–Trinajstić information content (AvgIpc) is 2.88. The predicted molar refractivity (Wildman–Crippen MR) is 57.8 cm³/mol. The van der Waals surface area contributed by atoms with Crippen LogP contribution < -0.4 is 5.32 Å². The quantitative estimate of drug-likeness (QED) is 0.840. The summed E-state index contributed by atoms with van der Waals surface area (Å²) in [4.78, 5) is 10.9. The van der Waals surface area contributed by atoms with Crippen molar-refractivity contribution in [1.29, 1.82) is 0 Å². The SMILES string of the molecule is CC(=O)NC[C@H](c1ccco1)n1cccn1. The summed E-state index contributed by atoms with van der Waals surface area (Å²) in [7, 11) is 0. The molecule has 0 spiro atoms. The first kappa shape index (κ1) is 10.5. The van der Waals surface area contributed by atoms with Crippen molar-refractivity contribution in [1.82, 2.24) is 15.1 Å². The molecule has 2 rings (SSSR count). The molecule has 1 atom stereocenters. The fourth-order valence-corrected chi connectivity index (χ4v) is 1.51. The Morgan fingerprint density at radius 2 is 2.50 bits per heavy atom. The number of hydrogen-bond donors (Lipinski definition) is 1. The number of aromatic nitrogens is 2. The Morgan fingerprint density at radius 3 is 3.06 bits per heavy atom. The van der Waals surface area contributed by atoms with E-state index >= 15 is 0 Å². The summed E-state index contributed by atoms with van der Waals surface area (Å²) >= 11 is 0. The largest absolute Gasteiger partial charge is 0.467 e. The van der Waals surface area contributed by atoms with Crippen molar-refractivity contribution in [2.24, 2.45) is 0 Å². The summed E-state index contributed by atoms with van der Waals surface area (Å²) < 4.78 is 7.10. The number of nitrogens with one attached hydrogen (secondary N) is 1. The molecule has 2 aromatic rings. The number of carbonyl (C=O) groups excluding carboxylic acids is 1. The molecule has 1 amide bonds. The normalized spacial score (nSPS) is 12.3. The molecule has 0 aliphatic rings.